The molecule has 79 valence electrons. The van der Waals surface area contributed by atoms with E-state index < -0.39 is 0 Å². The van der Waals surface area contributed by atoms with Crippen molar-refractivity contribution in [1.82, 2.24) is 5.32 Å². The summed E-state index contributed by atoms with van der Waals surface area (Å²) in [6, 6.07) is 0.399. The zero-order valence-electron chi connectivity index (χ0n) is 7.42. The number of hydrogen-bond donors (Lipinski definition) is 2. The molecule has 0 aromatic carbocycles. The number of amides is 1. The number of nitrogens with one attached hydrogen (secondary N) is 1. The molecule has 0 atom stereocenters. The van der Waals surface area contributed by atoms with Crippen molar-refractivity contribution in [3.05, 3.63) is 11.5 Å². The van der Waals surface area contributed by atoms with Gasteiger partial charge in [0.2, 0.25) is 5.91 Å². The molecule has 0 spiro atoms. The maximum atomic E-state index is 11.1. The summed E-state index contributed by atoms with van der Waals surface area (Å²) < 4.78 is 0. The second-order valence-corrected chi connectivity index (χ2v) is 3.46. The third-order valence-electron chi connectivity index (χ3n) is 2.18. The van der Waals surface area contributed by atoms with Crippen LogP contribution in [0.5, 0.6) is 0 Å². The molecule has 0 unspecified atom stereocenters. The topological polar surface area (TPSA) is 29.1 Å². The summed E-state index contributed by atoms with van der Waals surface area (Å²) in [5, 5.41) is 4.42. The fraction of sp³-hybridized carbons (Fsp3) is 0.667. The average Bonchev–Trinajstić information content (AvgIpc) is 2.06. The first kappa shape index (κ1) is 13.3. The van der Waals surface area contributed by atoms with Crippen LogP contribution in [-0.4, -0.2) is 11.9 Å². The van der Waals surface area contributed by atoms with E-state index in [1.807, 2.05) is 0 Å². The molecule has 1 N–H and O–H groups in total. The van der Waals surface area contributed by atoms with E-state index in [-0.39, 0.29) is 28.3 Å². The van der Waals surface area contributed by atoms with Crippen molar-refractivity contribution in [2.75, 3.05) is 0 Å². The maximum Gasteiger partial charge on any atom is 0.244 e. The molecule has 0 aliphatic heterocycles. The summed E-state index contributed by atoms with van der Waals surface area (Å²) >= 11 is 3.84. The van der Waals surface area contributed by atoms with E-state index in [1.165, 1.54) is 30.7 Å². The van der Waals surface area contributed by atoms with Gasteiger partial charge in [0.1, 0.15) is 0 Å². The smallest absolute Gasteiger partial charge is 0.244 e. The molecule has 1 aliphatic carbocycles. The van der Waals surface area contributed by atoms with Crippen molar-refractivity contribution < 1.29 is 27.2 Å². The van der Waals surface area contributed by atoms with Crippen molar-refractivity contribution >= 4 is 18.5 Å². The minimum atomic E-state index is -0.0168. The molecule has 0 heterocycles. The van der Waals surface area contributed by atoms with E-state index in [4.69, 9.17) is 0 Å². The molecule has 0 aromatic heterocycles. The second-order valence-electron chi connectivity index (χ2n) is 3.16. The van der Waals surface area contributed by atoms with Gasteiger partial charge in [-0.3, -0.25) is 4.79 Å². The van der Waals surface area contributed by atoms with Crippen molar-refractivity contribution in [3.8, 4) is 0 Å². The standard InChI is InChI=1S/C9H15NOS.Ag/c11-9(6-7-12)10-8-4-2-1-3-5-8;/h6-8,12H,1-5H2,(H,10,11);. The largest absolute Gasteiger partial charge is 0.350 e. The fourth-order valence-corrected chi connectivity index (χ4v) is 1.70. The minimum absolute atomic E-state index is 0. The van der Waals surface area contributed by atoms with Crippen molar-refractivity contribution in [2.45, 2.75) is 38.1 Å². The Balaban J connectivity index is 0.00000144. The quantitative estimate of drug-likeness (QED) is 0.454. The van der Waals surface area contributed by atoms with Gasteiger partial charge in [-0.05, 0) is 18.2 Å². The maximum absolute atomic E-state index is 11.1. The number of rotatable bonds is 2. The first-order valence-electron chi connectivity index (χ1n) is 4.44. The molecular formula is C9H15AgNOS. The Hall–Kier alpha value is 0.300. The van der Waals surface area contributed by atoms with Crippen LogP contribution in [0.3, 0.4) is 0 Å². The van der Waals surface area contributed by atoms with E-state index in [2.05, 4.69) is 17.9 Å². The van der Waals surface area contributed by atoms with Crippen molar-refractivity contribution in [1.29, 1.82) is 0 Å². The van der Waals surface area contributed by atoms with Gasteiger partial charge in [0.25, 0.3) is 0 Å². The Labute approximate surface area is 100 Å². The molecule has 4 heteroatoms. The van der Waals surface area contributed by atoms with Crippen LogP contribution in [0.2, 0.25) is 0 Å². The monoisotopic (exact) mass is 292 g/mol. The third kappa shape index (κ3) is 5.57. The molecule has 0 bridgehead atoms. The second kappa shape index (κ2) is 7.68. The van der Waals surface area contributed by atoms with Crippen LogP contribution in [0, 0.1) is 0 Å². The Morgan fingerprint density at radius 1 is 1.31 bits per heavy atom. The minimum Gasteiger partial charge on any atom is -0.350 e. The van der Waals surface area contributed by atoms with Crippen molar-refractivity contribution in [3.63, 3.8) is 0 Å². The first-order valence-corrected chi connectivity index (χ1v) is 4.96. The molecule has 1 saturated carbocycles. The third-order valence-corrected chi connectivity index (χ3v) is 2.33. The van der Waals surface area contributed by atoms with Crippen LogP contribution in [0.4, 0.5) is 0 Å². The van der Waals surface area contributed by atoms with Crippen LogP contribution < -0.4 is 5.32 Å². The van der Waals surface area contributed by atoms with Crippen LogP contribution in [0.25, 0.3) is 0 Å². The predicted molar refractivity (Wildman–Crippen MR) is 53.1 cm³/mol. The van der Waals surface area contributed by atoms with Gasteiger partial charge in [0, 0.05) is 34.5 Å². The summed E-state index contributed by atoms with van der Waals surface area (Å²) in [5.74, 6) is -0.0168. The van der Waals surface area contributed by atoms with Crippen LogP contribution >= 0.6 is 12.6 Å². The van der Waals surface area contributed by atoms with E-state index in [0.29, 0.717) is 6.04 Å². The normalized spacial score (nSPS) is 18.2. The van der Waals surface area contributed by atoms with Gasteiger partial charge >= 0.3 is 0 Å². The Bertz CT molecular complexity index is 178. The summed E-state index contributed by atoms with van der Waals surface area (Å²) in [7, 11) is 0. The van der Waals surface area contributed by atoms with E-state index in [9.17, 15) is 4.79 Å². The molecular weight excluding hydrogens is 278 g/mol. The number of thiol groups is 1. The molecule has 0 saturated heterocycles. The fourth-order valence-electron chi connectivity index (χ4n) is 1.56. The molecule has 2 nitrogen and oxygen atoms in total. The van der Waals surface area contributed by atoms with Gasteiger partial charge in [-0.1, -0.05) is 19.3 Å². The molecule has 13 heavy (non-hydrogen) atoms. The van der Waals surface area contributed by atoms with E-state index >= 15 is 0 Å². The zero-order chi connectivity index (χ0) is 8.81. The van der Waals surface area contributed by atoms with Gasteiger partial charge in [-0.2, -0.15) is 12.6 Å². The van der Waals surface area contributed by atoms with Crippen molar-refractivity contribution in [2.24, 2.45) is 0 Å². The van der Waals surface area contributed by atoms with Crippen LogP contribution in [-0.2, 0) is 27.2 Å². The summed E-state index contributed by atoms with van der Waals surface area (Å²) in [5.41, 5.74) is 0. The van der Waals surface area contributed by atoms with Gasteiger partial charge in [0.05, 0.1) is 0 Å². The number of carbonyl (C=O) groups excluding carboxylic acids is 1. The first-order chi connectivity index (χ1) is 5.83. The predicted octanol–water partition coefficient (Wildman–Crippen LogP) is 1.88. The van der Waals surface area contributed by atoms with Gasteiger partial charge in [-0.15, -0.1) is 0 Å². The number of hydrogen-bond acceptors (Lipinski definition) is 2. The van der Waals surface area contributed by atoms with E-state index in [0.717, 1.165) is 12.8 Å². The Morgan fingerprint density at radius 3 is 2.46 bits per heavy atom. The van der Waals surface area contributed by atoms with Crippen LogP contribution in [0.15, 0.2) is 11.5 Å². The van der Waals surface area contributed by atoms with Gasteiger partial charge in [-0.25, -0.2) is 0 Å². The molecule has 1 radical (unpaired) electrons. The summed E-state index contributed by atoms with van der Waals surface area (Å²) in [6.07, 6.45) is 7.52. The van der Waals surface area contributed by atoms with Crippen LogP contribution in [0.1, 0.15) is 32.1 Å². The SMILES string of the molecule is O=C(C=CS)NC1CCCCC1.[Ag]. The van der Waals surface area contributed by atoms with Gasteiger partial charge < -0.3 is 5.32 Å². The molecule has 1 rings (SSSR count). The molecule has 0 aromatic rings. The van der Waals surface area contributed by atoms with E-state index in [1.54, 1.807) is 0 Å². The zero-order valence-corrected chi connectivity index (χ0v) is 9.80. The summed E-state index contributed by atoms with van der Waals surface area (Å²) in [6.45, 7) is 0. The number of carbonyl (C=O) groups is 1. The molecule has 1 aliphatic rings. The van der Waals surface area contributed by atoms with Gasteiger partial charge in [0.15, 0.2) is 0 Å². The Morgan fingerprint density at radius 2 is 1.92 bits per heavy atom. The summed E-state index contributed by atoms with van der Waals surface area (Å²) in [4.78, 5) is 11.1. The Kier molecular flexibility index (Phi) is 7.86. The molecule has 1 fully saturated rings. The average molecular weight is 293 g/mol. The molecule has 1 amide bonds.